The van der Waals surface area contributed by atoms with Crippen molar-refractivity contribution < 1.29 is 0 Å². The molecule has 1 aromatic heterocycles. The Kier molecular flexibility index (Phi) is 4.47. The minimum absolute atomic E-state index is 0.830. The van der Waals surface area contributed by atoms with Crippen molar-refractivity contribution in [1.29, 1.82) is 0 Å². The van der Waals surface area contributed by atoms with Gasteiger partial charge in [-0.2, -0.15) is 0 Å². The zero-order chi connectivity index (χ0) is 19.5. The minimum Gasteiger partial charge on any atom is -0.275 e. The number of aromatic nitrogens is 3. The van der Waals surface area contributed by atoms with E-state index in [1.54, 1.807) is 0 Å². The van der Waals surface area contributed by atoms with Gasteiger partial charge in [-0.05, 0) is 23.3 Å². The lowest BCUT2D eigenvalue weighted by molar-refractivity contribution is 1.07. The molecule has 0 radical (unpaired) electrons. The first-order valence-corrected chi connectivity index (χ1v) is 9.62. The van der Waals surface area contributed by atoms with Gasteiger partial charge in [0, 0.05) is 16.8 Å². The molecule has 0 saturated carbocycles. The zero-order valence-electron chi connectivity index (χ0n) is 15.8. The van der Waals surface area contributed by atoms with Gasteiger partial charge in [-0.15, -0.1) is 10.2 Å². The lowest BCUT2D eigenvalue weighted by Gasteiger charge is -2.12. The van der Waals surface area contributed by atoms with Crippen LogP contribution in [0.2, 0.25) is 0 Å². The van der Waals surface area contributed by atoms with Gasteiger partial charge in [0.2, 0.25) is 0 Å². The molecule has 0 fully saturated rings. The Morgan fingerprint density at radius 2 is 0.759 bits per heavy atom. The van der Waals surface area contributed by atoms with Crippen molar-refractivity contribution >= 4 is 0 Å². The fourth-order valence-corrected chi connectivity index (χ4v) is 3.51. The third-order valence-corrected chi connectivity index (χ3v) is 4.96. The topological polar surface area (TPSA) is 30.7 Å². The van der Waals surface area contributed by atoms with Gasteiger partial charge in [0.1, 0.15) is 0 Å². The summed E-state index contributed by atoms with van der Waals surface area (Å²) in [7, 11) is 0. The van der Waals surface area contributed by atoms with Gasteiger partial charge in [-0.1, -0.05) is 103 Å². The summed E-state index contributed by atoms with van der Waals surface area (Å²) in [6, 6.07) is 39.3. The Labute approximate surface area is 169 Å². The van der Waals surface area contributed by atoms with E-state index in [0.717, 1.165) is 28.5 Å². The van der Waals surface area contributed by atoms with Crippen molar-refractivity contribution in [2.24, 2.45) is 0 Å². The summed E-state index contributed by atoms with van der Waals surface area (Å²) >= 11 is 0. The van der Waals surface area contributed by atoms with E-state index in [1.807, 2.05) is 42.5 Å². The second-order valence-corrected chi connectivity index (χ2v) is 6.83. The molecule has 0 aliphatic rings. The number of hydrogen-bond donors (Lipinski definition) is 0. The highest BCUT2D eigenvalue weighted by atomic mass is 15.3. The molecular weight excluding hydrogens is 354 g/mol. The number of hydrogen-bond acceptors (Lipinski definition) is 2. The van der Waals surface area contributed by atoms with Crippen LogP contribution in [0.5, 0.6) is 0 Å². The quantitative estimate of drug-likeness (QED) is 0.372. The summed E-state index contributed by atoms with van der Waals surface area (Å²) in [5.74, 6) is 1.66. The molecule has 0 aliphatic heterocycles. The summed E-state index contributed by atoms with van der Waals surface area (Å²) in [6.45, 7) is 0. The van der Waals surface area contributed by atoms with Crippen molar-refractivity contribution in [2.75, 3.05) is 0 Å². The second-order valence-electron chi connectivity index (χ2n) is 6.83. The van der Waals surface area contributed by atoms with Crippen molar-refractivity contribution in [3.63, 3.8) is 0 Å². The molecule has 0 spiro atoms. The lowest BCUT2D eigenvalue weighted by atomic mass is 10.1. The van der Waals surface area contributed by atoms with E-state index in [9.17, 15) is 0 Å². The second kappa shape index (κ2) is 7.56. The van der Waals surface area contributed by atoms with Gasteiger partial charge in [0.15, 0.2) is 11.6 Å². The van der Waals surface area contributed by atoms with E-state index < -0.39 is 0 Å². The van der Waals surface area contributed by atoms with Crippen LogP contribution >= 0.6 is 0 Å². The smallest absolute Gasteiger partial charge is 0.168 e. The van der Waals surface area contributed by atoms with Crippen LogP contribution in [0, 0.1) is 0 Å². The molecule has 0 N–H and O–H groups in total. The molecule has 5 rings (SSSR count). The molecule has 0 unspecified atom stereocenters. The van der Waals surface area contributed by atoms with Gasteiger partial charge >= 0.3 is 0 Å². The predicted molar refractivity (Wildman–Crippen MR) is 118 cm³/mol. The van der Waals surface area contributed by atoms with E-state index in [0.29, 0.717) is 0 Å². The monoisotopic (exact) mass is 373 g/mol. The first-order valence-electron chi connectivity index (χ1n) is 9.62. The third-order valence-electron chi connectivity index (χ3n) is 4.96. The van der Waals surface area contributed by atoms with E-state index in [-0.39, 0.29) is 0 Å². The highest BCUT2D eigenvalue weighted by molar-refractivity contribution is 5.69. The maximum atomic E-state index is 4.53. The summed E-state index contributed by atoms with van der Waals surface area (Å²) in [5, 5.41) is 9.07. The average molecular weight is 373 g/mol. The van der Waals surface area contributed by atoms with E-state index in [4.69, 9.17) is 0 Å². The molecule has 3 heteroatoms. The molecule has 0 bridgehead atoms. The fraction of sp³-hybridized carbons (Fsp3) is 0. The van der Waals surface area contributed by atoms with E-state index in [2.05, 4.69) is 87.6 Å². The number of rotatable bonds is 4. The molecule has 138 valence electrons. The highest BCUT2D eigenvalue weighted by Gasteiger charge is 2.16. The van der Waals surface area contributed by atoms with Crippen LogP contribution in [0.15, 0.2) is 115 Å². The van der Waals surface area contributed by atoms with Gasteiger partial charge in [0.05, 0.1) is 0 Å². The summed E-state index contributed by atoms with van der Waals surface area (Å²) in [4.78, 5) is 0. The Hall–Kier alpha value is -3.98. The van der Waals surface area contributed by atoms with Crippen molar-refractivity contribution in [2.45, 2.75) is 0 Å². The summed E-state index contributed by atoms with van der Waals surface area (Å²) < 4.78 is 2.12. The Morgan fingerprint density at radius 3 is 1.21 bits per heavy atom. The van der Waals surface area contributed by atoms with E-state index in [1.165, 1.54) is 11.1 Å². The maximum Gasteiger partial charge on any atom is 0.168 e. The zero-order valence-corrected chi connectivity index (χ0v) is 15.8. The van der Waals surface area contributed by atoms with Gasteiger partial charge in [-0.3, -0.25) is 4.57 Å². The minimum atomic E-state index is 0.830. The van der Waals surface area contributed by atoms with Crippen molar-refractivity contribution in [3.05, 3.63) is 115 Å². The Morgan fingerprint density at radius 1 is 0.379 bits per heavy atom. The highest BCUT2D eigenvalue weighted by Crippen LogP contribution is 2.29. The SMILES string of the molecule is c1ccc(-c2ccc(-n3c(-c4ccccc4)nnc3-c3ccccc3)cc2)cc1. The molecule has 0 atom stereocenters. The van der Waals surface area contributed by atoms with E-state index >= 15 is 0 Å². The maximum absolute atomic E-state index is 4.53. The van der Waals surface area contributed by atoms with Crippen LogP contribution in [-0.2, 0) is 0 Å². The van der Waals surface area contributed by atoms with Crippen LogP contribution in [0.4, 0.5) is 0 Å². The van der Waals surface area contributed by atoms with Gasteiger partial charge < -0.3 is 0 Å². The number of nitrogens with zero attached hydrogens (tertiary/aromatic N) is 3. The van der Waals surface area contributed by atoms with Crippen LogP contribution in [-0.4, -0.2) is 14.8 Å². The third kappa shape index (κ3) is 3.34. The fourth-order valence-electron chi connectivity index (χ4n) is 3.51. The summed E-state index contributed by atoms with van der Waals surface area (Å²) in [6.07, 6.45) is 0. The first kappa shape index (κ1) is 17.1. The Balaban J connectivity index is 1.66. The average Bonchev–Trinajstić information content (AvgIpc) is 3.26. The molecule has 29 heavy (non-hydrogen) atoms. The molecule has 0 saturated heterocycles. The van der Waals surface area contributed by atoms with Crippen LogP contribution in [0.3, 0.4) is 0 Å². The normalized spacial score (nSPS) is 10.8. The van der Waals surface area contributed by atoms with Gasteiger partial charge in [0.25, 0.3) is 0 Å². The van der Waals surface area contributed by atoms with Crippen molar-refractivity contribution in [1.82, 2.24) is 14.8 Å². The van der Waals surface area contributed by atoms with Crippen LogP contribution in [0.1, 0.15) is 0 Å². The molecule has 1 heterocycles. The molecular formula is C26H19N3. The lowest BCUT2D eigenvalue weighted by Crippen LogP contribution is -2.00. The standard InChI is InChI=1S/C26H19N3/c1-4-10-20(11-5-1)21-16-18-24(19-17-21)29-25(22-12-6-2-7-13-22)27-28-26(29)23-14-8-3-9-15-23/h1-19H. The summed E-state index contributed by atoms with van der Waals surface area (Å²) in [5.41, 5.74) is 5.50. The molecule has 0 aliphatic carbocycles. The van der Waals surface area contributed by atoms with Crippen LogP contribution in [0.25, 0.3) is 39.6 Å². The van der Waals surface area contributed by atoms with Crippen LogP contribution < -0.4 is 0 Å². The molecule has 5 aromatic rings. The predicted octanol–water partition coefficient (Wildman–Crippen LogP) is 6.27. The molecule has 0 amide bonds. The Bertz CT molecular complexity index is 1150. The van der Waals surface area contributed by atoms with Gasteiger partial charge in [-0.25, -0.2) is 0 Å². The first-order chi connectivity index (χ1) is 14.4. The number of benzene rings is 4. The molecule has 3 nitrogen and oxygen atoms in total. The molecule has 4 aromatic carbocycles. The van der Waals surface area contributed by atoms with Crippen molar-refractivity contribution in [3.8, 4) is 39.6 Å². The largest absolute Gasteiger partial charge is 0.275 e.